The smallest absolute Gasteiger partial charge is 0.336 e. The van der Waals surface area contributed by atoms with Crippen LogP contribution in [-0.4, -0.2) is 14.1 Å². The average Bonchev–Trinajstić information content (AvgIpc) is 2.16. The maximum absolute atomic E-state index is 11.1. The Hall–Kier alpha value is -1.77. The van der Waals surface area contributed by atoms with E-state index in [2.05, 4.69) is 0 Å². The van der Waals surface area contributed by atoms with Gasteiger partial charge in [0.15, 0.2) is 5.58 Å². The average molecular weight is 189 g/mol. The van der Waals surface area contributed by atoms with Crippen LogP contribution in [0.15, 0.2) is 39.5 Å². The minimum absolute atomic E-state index is 0.313. The molecule has 0 saturated heterocycles. The number of hydrogen-bond donors (Lipinski definition) is 0. The molecular formula is C11H11NO2. The summed E-state index contributed by atoms with van der Waals surface area (Å²) < 4.78 is 5.16. The Morgan fingerprint density at radius 1 is 1.14 bits per heavy atom. The summed E-state index contributed by atoms with van der Waals surface area (Å²) in [5, 5.41) is 0.941. The van der Waals surface area contributed by atoms with Crippen molar-refractivity contribution in [3.8, 4) is 0 Å². The van der Waals surface area contributed by atoms with Crippen molar-refractivity contribution < 1.29 is 4.42 Å². The van der Waals surface area contributed by atoms with Crippen molar-refractivity contribution in [1.82, 2.24) is 0 Å². The molecule has 1 heterocycles. The standard InChI is InChI=1S/C11H11NO2/c1-12(2)9-5-3-4-8-6-7-10(13)14-11(8)9/h3-7H,1-2H3. The second-order valence-electron chi connectivity index (χ2n) is 3.34. The fraction of sp³-hybridized carbons (Fsp3) is 0.182. The molecule has 14 heavy (non-hydrogen) atoms. The Kier molecular flexibility index (Phi) is 2.00. The van der Waals surface area contributed by atoms with Crippen molar-refractivity contribution in [3.05, 3.63) is 40.8 Å². The van der Waals surface area contributed by atoms with Crippen molar-refractivity contribution in [2.24, 2.45) is 0 Å². The Bertz CT molecular complexity index is 514. The summed E-state index contributed by atoms with van der Waals surface area (Å²) in [7, 11) is 3.84. The van der Waals surface area contributed by atoms with Crippen LogP contribution < -0.4 is 10.5 Å². The molecule has 72 valence electrons. The van der Waals surface area contributed by atoms with E-state index >= 15 is 0 Å². The van der Waals surface area contributed by atoms with Crippen molar-refractivity contribution in [2.75, 3.05) is 19.0 Å². The number of hydrogen-bond acceptors (Lipinski definition) is 3. The zero-order valence-corrected chi connectivity index (χ0v) is 8.15. The number of nitrogens with zero attached hydrogens (tertiary/aromatic N) is 1. The largest absolute Gasteiger partial charge is 0.420 e. The van der Waals surface area contributed by atoms with E-state index in [1.54, 1.807) is 6.07 Å². The van der Waals surface area contributed by atoms with Crippen LogP contribution in [0.4, 0.5) is 5.69 Å². The normalized spacial score (nSPS) is 10.4. The van der Waals surface area contributed by atoms with Gasteiger partial charge in [0.25, 0.3) is 0 Å². The quantitative estimate of drug-likeness (QED) is 0.642. The third-order valence-corrected chi connectivity index (χ3v) is 2.11. The molecular weight excluding hydrogens is 178 g/mol. The highest BCUT2D eigenvalue weighted by Crippen LogP contribution is 2.23. The van der Waals surface area contributed by atoms with Gasteiger partial charge in [-0.2, -0.15) is 0 Å². The molecule has 1 aromatic carbocycles. The minimum Gasteiger partial charge on any atom is -0.420 e. The highest BCUT2D eigenvalue weighted by Gasteiger charge is 2.04. The predicted octanol–water partition coefficient (Wildman–Crippen LogP) is 1.86. The number of benzene rings is 1. The van der Waals surface area contributed by atoms with E-state index in [1.165, 1.54) is 6.07 Å². The first-order valence-corrected chi connectivity index (χ1v) is 4.39. The van der Waals surface area contributed by atoms with Crippen LogP contribution in [-0.2, 0) is 0 Å². The third kappa shape index (κ3) is 1.37. The highest BCUT2D eigenvalue weighted by molar-refractivity contribution is 5.88. The summed E-state index contributed by atoms with van der Waals surface area (Å²) in [5.41, 5.74) is 1.25. The molecule has 3 heteroatoms. The van der Waals surface area contributed by atoms with Crippen LogP contribution in [0.25, 0.3) is 11.0 Å². The lowest BCUT2D eigenvalue weighted by molar-refractivity contribution is 0.561. The van der Waals surface area contributed by atoms with Gasteiger partial charge in [-0.05, 0) is 12.1 Å². The monoisotopic (exact) mass is 189 g/mol. The summed E-state index contributed by atoms with van der Waals surface area (Å²) in [6.07, 6.45) is 0. The minimum atomic E-state index is -0.313. The van der Waals surface area contributed by atoms with Gasteiger partial charge >= 0.3 is 5.63 Å². The highest BCUT2D eigenvalue weighted by atomic mass is 16.4. The number of anilines is 1. The lowest BCUT2D eigenvalue weighted by Gasteiger charge is -2.13. The van der Waals surface area contributed by atoms with E-state index < -0.39 is 0 Å². The van der Waals surface area contributed by atoms with Crippen molar-refractivity contribution in [1.29, 1.82) is 0 Å². The van der Waals surface area contributed by atoms with Gasteiger partial charge in [-0.15, -0.1) is 0 Å². The SMILES string of the molecule is CN(C)c1cccc2ccc(=O)oc12. The van der Waals surface area contributed by atoms with Crippen molar-refractivity contribution >= 4 is 16.7 Å². The molecule has 0 bridgehead atoms. The van der Waals surface area contributed by atoms with Gasteiger partial charge < -0.3 is 9.32 Å². The first kappa shape index (κ1) is 8.81. The van der Waals surface area contributed by atoms with Crippen LogP contribution in [0.1, 0.15) is 0 Å². The third-order valence-electron chi connectivity index (χ3n) is 2.11. The van der Waals surface area contributed by atoms with E-state index in [4.69, 9.17) is 4.42 Å². The van der Waals surface area contributed by atoms with Crippen molar-refractivity contribution in [3.63, 3.8) is 0 Å². The molecule has 0 saturated carbocycles. The molecule has 0 radical (unpaired) electrons. The van der Waals surface area contributed by atoms with Crippen molar-refractivity contribution in [2.45, 2.75) is 0 Å². The van der Waals surface area contributed by atoms with Gasteiger partial charge in [-0.1, -0.05) is 12.1 Å². The molecule has 0 aliphatic heterocycles. The molecule has 0 spiro atoms. The summed E-state index contributed by atoms with van der Waals surface area (Å²) in [6.45, 7) is 0. The van der Waals surface area contributed by atoms with Crippen LogP contribution in [0.2, 0.25) is 0 Å². The van der Waals surface area contributed by atoms with Gasteiger partial charge in [-0.3, -0.25) is 0 Å². The second kappa shape index (κ2) is 3.18. The van der Waals surface area contributed by atoms with Gasteiger partial charge in [-0.25, -0.2) is 4.79 Å². The lowest BCUT2D eigenvalue weighted by atomic mass is 10.2. The molecule has 0 N–H and O–H groups in total. The number of para-hydroxylation sites is 1. The van der Waals surface area contributed by atoms with Gasteiger partial charge in [0.2, 0.25) is 0 Å². The Balaban J connectivity index is 2.84. The predicted molar refractivity (Wildman–Crippen MR) is 56.8 cm³/mol. The second-order valence-corrected chi connectivity index (χ2v) is 3.34. The van der Waals surface area contributed by atoms with E-state index in [-0.39, 0.29) is 5.63 Å². The van der Waals surface area contributed by atoms with Gasteiger partial charge in [0.05, 0.1) is 5.69 Å². The molecule has 2 rings (SSSR count). The summed E-state index contributed by atoms with van der Waals surface area (Å²) >= 11 is 0. The fourth-order valence-electron chi connectivity index (χ4n) is 1.43. The molecule has 1 aromatic heterocycles. The van der Waals surface area contributed by atoms with E-state index in [9.17, 15) is 4.79 Å². The first-order valence-electron chi connectivity index (χ1n) is 4.39. The van der Waals surface area contributed by atoms with Gasteiger partial charge in [0, 0.05) is 25.5 Å². The molecule has 3 nitrogen and oxygen atoms in total. The van der Waals surface area contributed by atoms with Gasteiger partial charge in [0.1, 0.15) is 0 Å². The first-order chi connectivity index (χ1) is 6.68. The maximum Gasteiger partial charge on any atom is 0.336 e. The Morgan fingerprint density at radius 3 is 2.64 bits per heavy atom. The lowest BCUT2D eigenvalue weighted by Crippen LogP contribution is -2.09. The Morgan fingerprint density at radius 2 is 1.93 bits per heavy atom. The van der Waals surface area contributed by atoms with Crippen LogP contribution in [0.5, 0.6) is 0 Å². The molecule has 0 atom stereocenters. The molecule has 0 aliphatic rings. The number of rotatable bonds is 1. The maximum atomic E-state index is 11.1. The zero-order valence-electron chi connectivity index (χ0n) is 8.15. The van der Waals surface area contributed by atoms with Crippen LogP contribution in [0, 0.1) is 0 Å². The van der Waals surface area contributed by atoms with E-state index in [1.807, 2.05) is 37.2 Å². The van der Waals surface area contributed by atoms with E-state index in [0.717, 1.165) is 11.1 Å². The number of fused-ring (bicyclic) bond motifs is 1. The van der Waals surface area contributed by atoms with Crippen LogP contribution in [0.3, 0.4) is 0 Å². The fourth-order valence-corrected chi connectivity index (χ4v) is 1.43. The summed E-state index contributed by atoms with van der Waals surface area (Å²) in [5.74, 6) is 0. The van der Waals surface area contributed by atoms with E-state index in [0.29, 0.717) is 5.58 Å². The molecule has 0 fully saturated rings. The molecule has 0 amide bonds. The molecule has 0 aliphatic carbocycles. The topological polar surface area (TPSA) is 33.5 Å². The zero-order chi connectivity index (χ0) is 10.1. The summed E-state index contributed by atoms with van der Waals surface area (Å²) in [6, 6.07) is 8.99. The Labute approximate surface area is 81.6 Å². The molecule has 2 aromatic rings. The summed E-state index contributed by atoms with van der Waals surface area (Å²) in [4.78, 5) is 13.0. The van der Waals surface area contributed by atoms with Crippen LogP contribution >= 0.6 is 0 Å². The molecule has 0 unspecified atom stereocenters.